The normalized spacial score (nSPS) is 14.8. The van der Waals surface area contributed by atoms with Crippen LogP contribution in [0.2, 0.25) is 0 Å². The zero-order chi connectivity index (χ0) is 33.1. The highest BCUT2D eigenvalue weighted by Gasteiger charge is 2.21. The molecule has 264 valence electrons. The lowest BCUT2D eigenvalue weighted by atomic mass is 10.0. The van der Waals surface area contributed by atoms with Gasteiger partial charge < -0.3 is 24.9 Å². The fourth-order valence-electron chi connectivity index (χ4n) is 4.98. The van der Waals surface area contributed by atoms with Crippen molar-refractivity contribution in [2.45, 2.75) is 58.5 Å². The zero-order valence-corrected chi connectivity index (χ0v) is 30.2. The number of nitro groups is 2. The van der Waals surface area contributed by atoms with Crippen LogP contribution in [0.25, 0.3) is 0 Å². The van der Waals surface area contributed by atoms with Crippen LogP contribution >= 0.6 is 24.8 Å². The summed E-state index contributed by atoms with van der Waals surface area (Å²) in [6, 6.07) is 12.7. The first-order valence-corrected chi connectivity index (χ1v) is 15.6. The Bertz CT molecular complexity index is 1060. The quantitative estimate of drug-likeness (QED) is 0.250. The Hall–Kier alpha value is -2.61. The minimum Gasteiger partial charge on any atom is -0.371 e. The van der Waals surface area contributed by atoms with Gasteiger partial charge in [0.1, 0.15) is 5.82 Å². The number of hydrogen-bond donors (Lipinski definition) is 1. The first-order valence-electron chi connectivity index (χ1n) is 15.6. The molecule has 0 unspecified atom stereocenters. The highest BCUT2D eigenvalue weighted by molar-refractivity contribution is 5.85. The van der Waals surface area contributed by atoms with Crippen molar-refractivity contribution < 1.29 is 14.2 Å². The Kier molecular flexibility index (Phi) is 25.2. The second kappa shape index (κ2) is 25.5. The molecule has 2 aliphatic heterocycles. The molecule has 14 heteroatoms. The highest BCUT2D eigenvalue weighted by Crippen LogP contribution is 2.24. The van der Waals surface area contributed by atoms with Gasteiger partial charge in [0.2, 0.25) is 0 Å². The highest BCUT2D eigenvalue weighted by atomic mass is 35.5. The van der Waals surface area contributed by atoms with Gasteiger partial charge in [0.05, 0.1) is 9.85 Å². The predicted octanol–water partition coefficient (Wildman–Crippen LogP) is 6.35. The number of piperidine rings is 2. The van der Waals surface area contributed by atoms with Crippen LogP contribution in [0.4, 0.5) is 21.5 Å². The molecule has 0 atom stereocenters. The van der Waals surface area contributed by atoms with E-state index in [1.165, 1.54) is 45.6 Å². The Labute approximate surface area is 287 Å². The van der Waals surface area contributed by atoms with Gasteiger partial charge in [-0.25, -0.2) is 4.39 Å². The molecule has 46 heavy (non-hydrogen) atoms. The molecular weight excluding hydrogens is 636 g/mol. The summed E-state index contributed by atoms with van der Waals surface area (Å²) >= 11 is 0. The number of anilines is 1. The summed E-state index contributed by atoms with van der Waals surface area (Å²) in [6.45, 7) is 14.5. The van der Waals surface area contributed by atoms with E-state index in [0.29, 0.717) is 6.04 Å². The molecule has 2 aliphatic rings. The fraction of sp³-hybridized carbons (Fsp3) is 0.625. The first-order chi connectivity index (χ1) is 20.9. The van der Waals surface area contributed by atoms with Crippen molar-refractivity contribution in [1.29, 1.82) is 0 Å². The molecule has 0 amide bonds. The third-order valence-electron chi connectivity index (χ3n) is 8.04. The molecule has 2 heterocycles. The van der Waals surface area contributed by atoms with Crippen molar-refractivity contribution in [3.63, 3.8) is 0 Å². The second-order valence-electron chi connectivity index (χ2n) is 11.3. The van der Waals surface area contributed by atoms with Gasteiger partial charge in [0, 0.05) is 55.1 Å². The number of hydrogen-bond acceptors (Lipinski definition) is 9. The predicted molar refractivity (Wildman–Crippen MR) is 193 cm³/mol. The number of nitro benzene ring substituents is 2. The molecular formula is C32H56Cl2FN7O4. The van der Waals surface area contributed by atoms with Crippen molar-refractivity contribution in [3.8, 4) is 0 Å². The minimum absolute atomic E-state index is 0. The first kappa shape index (κ1) is 45.5. The summed E-state index contributed by atoms with van der Waals surface area (Å²) in [4.78, 5) is 28.9. The maximum Gasteiger partial charge on any atom is 0.269 e. The number of nitrogens with one attached hydrogen (secondary N) is 1. The number of non-ortho nitro benzene ring substituents is 2. The molecule has 0 bridgehead atoms. The Balaban J connectivity index is 0. The molecule has 0 aliphatic carbocycles. The molecule has 4 rings (SSSR count). The van der Waals surface area contributed by atoms with Crippen LogP contribution in [0.3, 0.4) is 0 Å². The smallest absolute Gasteiger partial charge is 0.269 e. The molecule has 1 N–H and O–H groups in total. The maximum atomic E-state index is 12.1. The van der Waals surface area contributed by atoms with Gasteiger partial charge in [0.25, 0.3) is 11.4 Å². The van der Waals surface area contributed by atoms with Crippen LogP contribution in [-0.2, 0) is 0 Å². The van der Waals surface area contributed by atoms with E-state index in [2.05, 4.69) is 73.9 Å². The fourth-order valence-corrected chi connectivity index (χ4v) is 4.98. The number of benzene rings is 2. The van der Waals surface area contributed by atoms with Crippen LogP contribution in [0.15, 0.2) is 48.5 Å². The van der Waals surface area contributed by atoms with Crippen LogP contribution in [0, 0.1) is 26.0 Å². The third-order valence-corrected chi connectivity index (χ3v) is 8.04. The Morgan fingerprint density at radius 1 is 0.717 bits per heavy atom. The summed E-state index contributed by atoms with van der Waals surface area (Å²) < 4.78 is 12.1. The summed E-state index contributed by atoms with van der Waals surface area (Å²) in [5.41, 5.74) is 1.14. The van der Waals surface area contributed by atoms with E-state index in [-0.39, 0.29) is 41.1 Å². The monoisotopic (exact) mass is 691 g/mol. The number of nitrogens with zero attached hydrogens (tertiary/aromatic N) is 6. The van der Waals surface area contributed by atoms with E-state index in [9.17, 15) is 24.6 Å². The Morgan fingerprint density at radius 3 is 1.39 bits per heavy atom. The summed E-state index contributed by atoms with van der Waals surface area (Å²) in [6.07, 6.45) is 4.91. The van der Waals surface area contributed by atoms with Crippen molar-refractivity contribution in [2.75, 3.05) is 78.9 Å². The number of rotatable bonds is 8. The van der Waals surface area contributed by atoms with E-state index in [1.54, 1.807) is 12.1 Å². The molecule has 2 saturated heterocycles. The van der Waals surface area contributed by atoms with E-state index in [4.69, 9.17) is 0 Å². The second-order valence-corrected chi connectivity index (χ2v) is 11.3. The van der Waals surface area contributed by atoms with Crippen molar-refractivity contribution >= 4 is 41.9 Å². The average molecular weight is 693 g/mol. The molecule has 0 aromatic heterocycles. The maximum absolute atomic E-state index is 12.1. The largest absolute Gasteiger partial charge is 0.371 e. The third kappa shape index (κ3) is 17.9. The molecule has 0 saturated carbocycles. The van der Waals surface area contributed by atoms with Crippen LogP contribution in [0.5, 0.6) is 0 Å². The molecule has 0 radical (unpaired) electrons. The summed E-state index contributed by atoms with van der Waals surface area (Å²) in [5.74, 6) is -0.467. The topological polar surface area (TPSA) is 111 Å². The van der Waals surface area contributed by atoms with E-state index < -0.39 is 10.7 Å². The summed E-state index contributed by atoms with van der Waals surface area (Å²) in [7, 11) is 8.56. The van der Waals surface area contributed by atoms with Gasteiger partial charge in [-0.05, 0) is 111 Å². The lowest BCUT2D eigenvalue weighted by molar-refractivity contribution is -0.385. The molecule has 2 fully saturated rings. The standard InChI is InChI=1S/C13H19N3O2.C7H16N2.C6H4FNO2.C6H15N.2ClH/c1-14(2)11-7-9-15(10-8-11)12-3-5-13(6-4-12)16(17)18;1-9(2)7-3-5-8-6-4-7;7-5-1-3-6(4-2-5)8(9)10;1-4-7(5-2)6-3;;/h3-6,11H,7-10H2,1-2H3;7-8H,3-6H2,1-2H3;1-4H;4-6H2,1-3H3;2*1H. The van der Waals surface area contributed by atoms with E-state index in [1.807, 2.05) is 12.1 Å². The van der Waals surface area contributed by atoms with Gasteiger partial charge >= 0.3 is 0 Å². The van der Waals surface area contributed by atoms with E-state index >= 15 is 0 Å². The van der Waals surface area contributed by atoms with Crippen molar-refractivity contribution in [1.82, 2.24) is 20.0 Å². The molecule has 2 aromatic carbocycles. The van der Waals surface area contributed by atoms with Gasteiger partial charge in [-0.3, -0.25) is 20.2 Å². The SMILES string of the molecule is CCN(CC)CC.CN(C)C1CCN(c2ccc([N+](=O)[O-])cc2)CC1.CN(C)C1CCNCC1.Cl.Cl.O=[N+]([O-])c1ccc(F)cc1. The van der Waals surface area contributed by atoms with Crippen molar-refractivity contribution in [2.24, 2.45) is 0 Å². The van der Waals surface area contributed by atoms with Crippen LogP contribution < -0.4 is 10.2 Å². The Morgan fingerprint density at radius 2 is 1.09 bits per heavy atom. The van der Waals surface area contributed by atoms with Crippen LogP contribution in [0.1, 0.15) is 46.5 Å². The van der Waals surface area contributed by atoms with Gasteiger partial charge in [-0.1, -0.05) is 20.8 Å². The molecule has 0 spiro atoms. The average Bonchev–Trinajstić information content (AvgIpc) is 3.03. The zero-order valence-electron chi connectivity index (χ0n) is 28.6. The van der Waals surface area contributed by atoms with E-state index in [0.717, 1.165) is 61.9 Å². The number of halogens is 3. The van der Waals surface area contributed by atoms with Gasteiger partial charge in [-0.2, -0.15) is 0 Å². The lowest BCUT2D eigenvalue weighted by Gasteiger charge is -2.36. The minimum atomic E-state index is -0.570. The summed E-state index contributed by atoms with van der Waals surface area (Å²) in [5, 5.41) is 23.9. The lowest BCUT2D eigenvalue weighted by Crippen LogP contribution is -2.41. The molecule has 2 aromatic rings. The van der Waals surface area contributed by atoms with Gasteiger partial charge in [0.15, 0.2) is 0 Å². The van der Waals surface area contributed by atoms with Crippen molar-refractivity contribution in [3.05, 3.63) is 74.6 Å². The van der Waals surface area contributed by atoms with Gasteiger partial charge in [-0.15, -0.1) is 24.8 Å². The molecule has 11 nitrogen and oxygen atoms in total. The van der Waals surface area contributed by atoms with Crippen LogP contribution in [-0.4, -0.2) is 111 Å².